The summed E-state index contributed by atoms with van der Waals surface area (Å²) in [5.74, 6) is 1.07. The molecule has 0 spiro atoms. The van der Waals surface area contributed by atoms with E-state index in [1.165, 1.54) is 0 Å². The third-order valence-corrected chi connectivity index (χ3v) is 5.77. The van der Waals surface area contributed by atoms with E-state index >= 15 is 0 Å². The molecule has 3 rings (SSSR count). The van der Waals surface area contributed by atoms with Crippen molar-refractivity contribution in [3.05, 3.63) is 35.3 Å². The van der Waals surface area contributed by atoms with Crippen LogP contribution in [0.1, 0.15) is 38.8 Å². The minimum atomic E-state index is 0. The Kier molecular flexibility index (Phi) is 11.6. The van der Waals surface area contributed by atoms with E-state index in [0.29, 0.717) is 19.1 Å². The monoisotopic (exact) mass is 459 g/mol. The average molecular weight is 460 g/mol. The maximum atomic E-state index is 12.9. The van der Waals surface area contributed by atoms with Gasteiger partial charge in [-0.25, -0.2) is 4.98 Å². The number of ether oxygens (including phenoxy) is 1. The van der Waals surface area contributed by atoms with E-state index in [9.17, 15) is 4.79 Å². The van der Waals surface area contributed by atoms with Crippen LogP contribution in [-0.4, -0.2) is 48.1 Å². The van der Waals surface area contributed by atoms with Gasteiger partial charge in [-0.2, -0.15) is 0 Å². The fourth-order valence-electron chi connectivity index (χ4n) is 3.51. The second-order valence-corrected chi connectivity index (χ2v) is 7.70. The highest BCUT2D eigenvalue weighted by Crippen LogP contribution is 2.26. The third-order valence-electron chi connectivity index (χ3n) is 4.83. The van der Waals surface area contributed by atoms with Gasteiger partial charge in [0.2, 0.25) is 5.91 Å². The highest BCUT2D eigenvalue weighted by molar-refractivity contribution is 7.13. The normalized spacial score (nSPS) is 13.9. The Hall–Kier alpha value is -1.34. The molecular weight excluding hydrogens is 429 g/mol. The largest absolute Gasteiger partial charge is 0.494 e. The van der Waals surface area contributed by atoms with E-state index < -0.39 is 0 Å². The quantitative estimate of drug-likeness (QED) is 0.627. The molecule has 1 N–H and O–H groups in total. The number of piperidine rings is 1. The Morgan fingerprint density at radius 3 is 2.52 bits per heavy atom. The summed E-state index contributed by atoms with van der Waals surface area (Å²) in [6.45, 7) is 7.60. The molecule has 0 bridgehead atoms. The fraction of sp³-hybridized carbons (Fsp3) is 0.524. The molecule has 162 valence electrons. The minimum absolute atomic E-state index is 0. The summed E-state index contributed by atoms with van der Waals surface area (Å²) in [5, 5.41) is 6.34. The first-order valence-electron chi connectivity index (χ1n) is 9.89. The van der Waals surface area contributed by atoms with E-state index in [1.54, 1.807) is 11.3 Å². The van der Waals surface area contributed by atoms with Gasteiger partial charge in [-0.15, -0.1) is 36.2 Å². The van der Waals surface area contributed by atoms with E-state index in [0.717, 1.165) is 60.9 Å². The molecule has 8 heteroatoms. The second kappa shape index (κ2) is 13.1. The van der Waals surface area contributed by atoms with Crippen LogP contribution >= 0.6 is 36.2 Å². The van der Waals surface area contributed by atoms with Gasteiger partial charge in [-0.3, -0.25) is 4.79 Å². The molecule has 1 fully saturated rings. The maximum Gasteiger partial charge on any atom is 0.228 e. The lowest BCUT2D eigenvalue weighted by Crippen LogP contribution is -2.47. The summed E-state index contributed by atoms with van der Waals surface area (Å²) in [6, 6.07) is 8.33. The Morgan fingerprint density at radius 2 is 1.90 bits per heavy atom. The van der Waals surface area contributed by atoms with Crippen LogP contribution in [0.3, 0.4) is 0 Å². The van der Waals surface area contributed by atoms with Crippen LogP contribution < -0.4 is 10.1 Å². The molecule has 0 saturated carbocycles. The predicted molar refractivity (Wildman–Crippen MR) is 125 cm³/mol. The first kappa shape index (κ1) is 25.7. The van der Waals surface area contributed by atoms with Crippen molar-refractivity contribution in [2.45, 2.75) is 45.6 Å². The first-order chi connectivity index (χ1) is 13.2. The first-order valence-corrected chi connectivity index (χ1v) is 10.8. The molecule has 1 aliphatic heterocycles. The third kappa shape index (κ3) is 7.14. The molecule has 1 saturated heterocycles. The van der Waals surface area contributed by atoms with Gasteiger partial charge >= 0.3 is 0 Å². The lowest BCUT2D eigenvalue weighted by atomic mass is 10.0. The molecule has 5 nitrogen and oxygen atoms in total. The van der Waals surface area contributed by atoms with Gasteiger partial charge in [0.1, 0.15) is 10.8 Å². The van der Waals surface area contributed by atoms with E-state index in [1.807, 2.05) is 36.6 Å². The summed E-state index contributed by atoms with van der Waals surface area (Å²) in [6.07, 6.45) is 3.46. The van der Waals surface area contributed by atoms with Crippen molar-refractivity contribution in [2.75, 3.05) is 26.2 Å². The smallest absolute Gasteiger partial charge is 0.228 e. The molecule has 2 heterocycles. The fourth-order valence-corrected chi connectivity index (χ4v) is 4.33. The van der Waals surface area contributed by atoms with Crippen LogP contribution in [0.4, 0.5) is 0 Å². The van der Waals surface area contributed by atoms with Gasteiger partial charge in [-0.05, 0) is 63.5 Å². The Morgan fingerprint density at radius 1 is 1.21 bits per heavy atom. The topological polar surface area (TPSA) is 54.5 Å². The molecule has 0 atom stereocenters. The van der Waals surface area contributed by atoms with Crippen LogP contribution in [0.15, 0.2) is 29.6 Å². The number of aromatic nitrogens is 1. The van der Waals surface area contributed by atoms with E-state index in [-0.39, 0.29) is 30.7 Å². The standard InChI is InChI=1S/C21H29N3O2S.2ClH/c1-3-13-24(18-9-11-22-12-10-18)20(25)14-17-15-27-21(23-17)16-5-7-19(8-6-16)26-4-2;;/h5-8,15,18,22H,3-4,9-14H2,1-2H3;2*1H. The summed E-state index contributed by atoms with van der Waals surface area (Å²) >= 11 is 1.59. The lowest BCUT2D eigenvalue weighted by molar-refractivity contribution is -0.133. The molecule has 1 aromatic heterocycles. The van der Waals surface area contributed by atoms with Gasteiger partial charge in [-0.1, -0.05) is 6.92 Å². The number of rotatable bonds is 8. The predicted octanol–water partition coefficient (Wildman–Crippen LogP) is 4.59. The second-order valence-electron chi connectivity index (χ2n) is 6.85. The molecule has 1 aliphatic rings. The van der Waals surface area contributed by atoms with Gasteiger partial charge < -0.3 is 15.0 Å². The number of thiazole rings is 1. The number of halogens is 2. The lowest BCUT2D eigenvalue weighted by Gasteiger charge is -2.34. The van der Waals surface area contributed by atoms with Crippen molar-refractivity contribution in [1.82, 2.24) is 15.2 Å². The highest BCUT2D eigenvalue weighted by atomic mass is 35.5. The number of nitrogens with zero attached hydrogens (tertiary/aromatic N) is 2. The van der Waals surface area contributed by atoms with Gasteiger partial charge in [0.25, 0.3) is 0 Å². The number of hydrogen-bond acceptors (Lipinski definition) is 5. The van der Waals surface area contributed by atoms with Crippen LogP contribution in [0.5, 0.6) is 5.75 Å². The Bertz CT molecular complexity index is 734. The van der Waals surface area contributed by atoms with Crippen molar-refractivity contribution in [3.63, 3.8) is 0 Å². The zero-order valence-electron chi connectivity index (χ0n) is 17.1. The number of hydrogen-bond donors (Lipinski definition) is 1. The van der Waals surface area contributed by atoms with Crippen LogP contribution in [0.25, 0.3) is 10.6 Å². The van der Waals surface area contributed by atoms with E-state index in [2.05, 4.69) is 17.1 Å². The number of carbonyl (C=O) groups is 1. The SMILES string of the molecule is CCCN(C(=O)Cc1csc(-c2ccc(OCC)cc2)n1)C1CCNCC1.Cl.Cl. The molecule has 1 amide bonds. The van der Waals surface area contributed by atoms with Crippen LogP contribution in [-0.2, 0) is 11.2 Å². The van der Waals surface area contributed by atoms with E-state index in [4.69, 9.17) is 9.72 Å². The van der Waals surface area contributed by atoms with Crippen molar-refractivity contribution in [2.24, 2.45) is 0 Å². The van der Waals surface area contributed by atoms with Crippen molar-refractivity contribution in [1.29, 1.82) is 0 Å². The Balaban J connectivity index is 0.00000210. The molecule has 0 aliphatic carbocycles. The Labute approximate surface area is 190 Å². The van der Waals surface area contributed by atoms with Crippen LogP contribution in [0.2, 0.25) is 0 Å². The average Bonchev–Trinajstić information content (AvgIpc) is 3.16. The zero-order valence-corrected chi connectivity index (χ0v) is 19.5. The number of carbonyl (C=O) groups excluding carboxylic acids is 1. The number of nitrogens with one attached hydrogen (secondary N) is 1. The molecule has 0 radical (unpaired) electrons. The summed E-state index contributed by atoms with van der Waals surface area (Å²) < 4.78 is 5.49. The van der Waals surface area contributed by atoms with Crippen LogP contribution in [0, 0.1) is 0 Å². The molecule has 0 unspecified atom stereocenters. The van der Waals surface area contributed by atoms with Gasteiger partial charge in [0.05, 0.1) is 18.7 Å². The van der Waals surface area contributed by atoms with Crippen molar-refractivity contribution < 1.29 is 9.53 Å². The molecule has 29 heavy (non-hydrogen) atoms. The molecular formula is C21H31Cl2N3O2S. The van der Waals surface area contributed by atoms with Crippen molar-refractivity contribution >= 4 is 42.1 Å². The van der Waals surface area contributed by atoms with Crippen molar-refractivity contribution in [3.8, 4) is 16.3 Å². The molecule has 2 aromatic rings. The molecule has 1 aromatic carbocycles. The van der Waals surface area contributed by atoms with Gasteiger partial charge in [0, 0.05) is 23.5 Å². The zero-order chi connectivity index (χ0) is 19.1. The number of benzene rings is 1. The summed E-state index contributed by atoms with van der Waals surface area (Å²) in [5.41, 5.74) is 1.93. The van der Waals surface area contributed by atoms with Gasteiger partial charge in [0.15, 0.2) is 0 Å². The number of amides is 1. The highest BCUT2D eigenvalue weighted by Gasteiger charge is 2.25. The summed E-state index contributed by atoms with van der Waals surface area (Å²) in [4.78, 5) is 19.7. The maximum absolute atomic E-state index is 12.9. The minimum Gasteiger partial charge on any atom is -0.494 e. The summed E-state index contributed by atoms with van der Waals surface area (Å²) in [7, 11) is 0.